The molecule has 116 valence electrons. The zero-order valence-corrected chi connectivity index (χ0v) is 13.3. The highest BCUT2D eigenvalue weighted by atomic mass is 32.2. The van der Waals surface area contributed by atoms with Gasteiger partial charge in [0.25, 0.3) is 0 Å². The number of rotatable bonds is 7. The molecule has 1 heterocycles. The van der Waals surface area contributed by atoms with E-state index in [0.717, 1.165) is 18.2 Å². The maximum absolute atomic E-state index is 11.9. The Hall–Kier alpha value is -1.15. The molecule has 6 nitrogen and oxygen atoms in total. The van der Waals surface area contributed by atoms with Crippen molar-refractivity contribution >= 4 is 40.1 Å². The molecule has 0 spiro atoms. The zero-order chi connectivity index (χ0) is 15.1. The molecule has 0 aromatic carbocycles. The molecule has 1 fully saturated rings. The molecule has 0 atom stereocenters. The van der Waals surface area contributed by atoms with Crippen LogP contribution in [0.4, 0.5) is 5.13 Å². The number of aromatic nitrogens is 2. The van der Waals surface area contributed by atoms with Crippen LogP contribution < -0.4 is 5.32 Å². The fraction of sp³-hybridized carbons (Fsp3) is 0.692. The summed E-state index contributed by atoms with van der Waals surface area (Å²) in [6.45, 7) is 0. The van der Waals surface area contributed by atoms with Crippen LogP contribution in [-0.2, 0) is 9.59 Å². The van der Waals surface area contributed by atoms with Gasteiger partial charge in [-0.15, -0.1) is 10.2 Å². The molecule has 2 rings (SSSR count). The van der Waals surface area contributed by atoms with Gasteiger partial charge in [-0.05, 0) is 12.3 Å². The highest BCUT2D eigenvalue weighted by Crippen LogP contribution is 2.28. The average Bonchev–Trinajstić information content (AvgIpc) is 2.91. The van der Waals surface area contributed by atoms with Crippen molar-refractivity contribution in [2.24, 2.45) is 5.92 Å². The molecular weight excluding hydrogens is 310 g/mol. The SMILES string of the molecule is O=C(O)CSc1nnc(NC(=O)CCC2CCCCC2)s1. The molecule has 1 aliphatic carbocycles. The lowest BCUT2D eigenvalue weighted by Crippen LogP contribution is -2.14. The third kappa shape index (κ3) is 6.01. The van der Waals surface area contributed by atoms with Gasteiger partial charge in [0.15, 0.2) is 4.34 Å². The molecule has 0 unspecified atom stereocenters. The van der Waals surface area contributed by atoms with Gasteiger partial charge < -0.3 is 10.4 Å². The zero-order valence-electron chi connectivity index (χ0n) is 11.7. The van der Waals surface area contributed by atoms with Crippen LogP contribution in [0.15, 0.2) is 4.34 Å². The molecule has 1 saturated carbocycles. The van der Waals surface area contributed by atoms with Crippen LogP contribution in [0.3, 0.4) is 0 Å². The smallest absolute Gasteiger partial charge is 0.313 e. The monoisotopic (exact) mass is 329 g/mol. The van der Waals surface area contributed by atoms with E-state index in [1.54, 1.807) is 0 Å². The van der Waals surface area contributed by atoms with Gasteiger partial charge in [-0.3, -0.25) is 9.59 Å². The van der Waals surface area contributed by atoms with Crippen molar-refractivity contribution in [2.75, 3.05) is 11.1 Å². The molecule has 1 aliphatic rings. The van der Waals surface area contributed by atoms with E-state index in [1.165, 1.54) is 43.4 Å². The van der Waals surface area contributed by atoms with Gasteiger partial charge in [0.1, 0.15) is 0 Å². The van der Waals surface area contributed by atoms with Crippen molar-refractivity contribution in [3.63, 3.8) is 0 Å². The number of nitrogens with one attached hydrogen (secondary N) is 1. The first kappa shape index (κ1) is 16.2. The minimum atomic E-state index is -0.895. The molecule has 8 heteroatoms. The van der Waals surface area contributed by atoms with Gasteiger partial charge in [0, 0.05) is 6.42 Å². The molecule has 0 saturated heterocycles. The average molecular weight is 329 g/mol. The van der Waals surface area contributed by atoms with E-state index in [0.29, 0.717) is 21.8 Å². The van der Waals surface area contributed by atoms with Crippen LogP contribution >= 0.6 is 23.1 Å². The van der Waals surface area contributed by atoms with Crippen molar-refractivity contribution in [3.05, 3.63) is 0 Å². The lowest BCUT2D eigenvalue weighted by Gasteiger charge is -2.20. The van der Waals surface area contributed by atoms with Crippen molar-refractivity contribution < 1.29 is 14.7 Å². The van der Waals surface area contributed by atoms with Crippen LogP contribution in [-0.4, -0.2) is 32.9 Å². The highest BCUT2D eigenvalue weighted by Gasteiger charge is 2.15. The minimum absolute atomic E-state index is 0.0356. The Bertz CT molecular complexity index is 487. The lowest BCUT2D eigenvalue weighted by molar-refractivity contribution is -0.133. The summed E-state index contributed by atoms with van der Waals surface area (Å²) in [7, 11) is 0. The molecular formula is C13H19N3O3S2. The summed E-state index contributed by atoms with van der Waals surface area (Å²) < 4.78 is 0.556. The Kier molecular flexibility index (Phi) is 6.44. The number of carbonyl (C=O) groups is 2. The first-order valence-corrected chi connectivity index (χ1v) is 8.91. The van der Waals surface area contributed by atoms with Crippen LogP contribution in [0.2, 0.25) is 0 Å². The third-order valence-corrected chi connectivity index (χ3v) is 5.43. The molecule has 21 heavy (non-hydrogen) atoms. The maximum Gasteiger partial charge on any atom is 0.313 e. The van der Waals surface area contributed by atoms with Crippen molar-refractivity contribution in [1.29, 1.82) is 0 Å². The van der Waals surface area contributed by atoms with E-state index < -0.39 is 5.97 Å². The number of carbonyl (C=O) groups excluding carboxylic acids is 1. The Balaban J connectivity index is 1.70. The van der Waals surface area contributed by atoms with E-state index in [4.69, 9.17) is 5.11 Å². The fourth-order valence-corrected chi connectivity index (χ4v) is 3.92. The number of thioether (sulfide) groups is 1. The molecule has 0 radical (unpaired) electrons. The number of hydrogen-bond donors (Lipinski definition) is 2. The quantitative estimate of drug-likeness (QED) is 0.590. The molecule has 0 aliphatic heterocycles. The second-order valence-electron chi connectivity index (χ2n) is 5.15. The van der Waals surface area contributed by atoms with Crippen molar-refractivity contribution in [2.45, 2.75) is 49.3 Å². The number of anilines is 1. The topological polar surface area (TPSA) is 92.2 Å². The predicted molar refractivity (Wildman–Crippen MR) is 82.7 cm³/mol. The molecule has 2 N–H and O–H groups in total. The number of hydrogen-bond acceptors (Lipinski definition) is 6. The summed E-state index contributed by atoms with van der Waals surface area (Å²) >= 11 is 2.32. The normalized spacial score (nSPS) is 15.8. The lowest BCUT2D eigenvalue weighted by atomic mass is 9.86. The van der Waals surface area contributed by atoms with Gasteiger partial charge in [-0.25, -0.2) is 0 Å². The first-order valence-electron chi connectivity index (χ1n) is 7.11. The summed E-state index contributed by atoms with van der Waals surface area (Å²) in [4.78, 5) is 22.3. The summed E-state index contributed by atoms with van der Waals surface area (Å²) in [5.41, 5.74) is 0. The Morgan fingerprint density at radius 2 is 2.05 bits per heavy atom. The highest BCUT2D eigenvalue weighted by molar-refractivity contribution is 8.01. The van der Waals surface area contributed by atoms with E-state index in [1.807, 2.05) is 0 Å². The van der Waals surface area contributed by atoms with Gasteiger partial charge >= 0.3 is 5.97 Å². The van der Waals surface area contributed by atoms with Crippen LogP contribution in [0.5, 0.6) is 0 Å². The van der Waals surface area contributed by atoms with Crippen molar-refractivity contribution in [1.82, 2.24) is 10.2 Å². The molecule has 1 aromatic heterocycles. The predicted octanol–water partition coefficient (Wildman–Crippen LogP) is 3.01. The van der Waals surface area contributed by atoms with Crippen LogP contribution in [0.25, 0.3) is 0 Å². The van der Waals surface area contributed by atoms with Gasteiger partial charge in [-0.1, -0.05) is 55.2 Å². The van der Waals surface area contributed by atoms with Crippen LogP contribution in [0.1, 0.15) is 44.9 Å². The van der Waals surface area contributed by atoms with E-state index in [9.17, 15) is 9.59 Å². The standard InChI is InChI=1S/C13H19N3O3S2/c17-10(7-6-9-4-2-1-3-5-9)14-12-15-16-13(21-12)20-8-11(18)19/h9H,1-8H2,(H,18,19)(H,14,15,17). The minimum Gasteiger partial charge on any atom is -0.481 e. The van der Waals surface area contributed by atoms with E-state index in [-0.39, 0.29) is 11.7 Å². The second-order valence-corrected chi connectivity index (χ2v) is 7.35. The second kappa shape index (κ2) is 8.33. The Labute approximate surface area is 131 Å². The molecule has 1 amide bonds. The Morgan fingerprint density at radius 3 is 2.76 bits per heavy atom. The largest absolute Gasteiger partial charge is 0.481 e. The summed E-state index contributed by atoms with van der Waals surface area (Å²) in [5.74, 6) is -0.301. The number of carboxylic acid groups (broad SMARTS) is 1. The van der Waals surface area contributed by atoms with Crippen molar-refractivity contribution in [3.8, 4) is 0 Å². The third-order valence-electron chi connectivity index (χ3n) is 3.48. The number of nitrogens with zero attached hydrogens (tertiary/aromatic N) is 2. The number of aliphatic carboxylic acids is 1. The molecule has 0 bridgehead atoms. The maximum atomic E-state index is 11.9. The summed E-state index contributed by atoms with van der Waals surface area (Å²) in [5, 5.41) is 19.5. The Morgan fingerprint density at radius 1 is 1.29 bits per heavy atom. The number of amides is 1. The fourth-order valence-electron chi connectivity index (χ4n) is 2.43. The van der Waals surface area contributed by atoms with E-state index >= 15 is 0 Å². The summed E-state index contributed by atoms with van der Waals surface area (Å²) in [6, 6.07) is 0. The summed E-state index contributed by atoms with van der Waals surface area (Å²) in [6.07, 6.45) is 7.82. The van der Waals surface area contributed by atoms with Crippen LogP contribution in [0, 0.1) is 5.92 Å². The van der Waals surface area contributed by atoms with Gasteiger partial charge in [0.05, 0.1) is 5.75 Å². The molecule has 1 aromatic rings. The van der Waals surface area contributed by atoms with Gasteiger partial charge in [0.2, 0.25) is 11.0 Å². The number of carboxylic acids is 1. The first-order chi connectivity index (χ1) is 10.1. The van der Waals surface area contributed by atoms with E-state index in [2.05, 4.69) is 15.5 Å². The van der Waals surface area contributed by atoms with Gasteiger partial charge in [-0.2, -0.15) is 0 Å².